The van der Waals surface area contributed by atoms with E-state index in [1.807, 2.05) is 6.92 Å². The molecule has 0 N–H and O–H groups in total. The number of urea groups is 1. The molecule has 0 saturated carbocycles. The first-order chi connectivity index (χ1) is 13.4. The Bertz CT molecular complexity index is 919. The fraction of sp³-hybridized carbons (Fsp3) is 0.350. The zero-order valence-electron chi connectivity index (χ0n) is 15.5. The predicted molar refractivity (Wildman–Crippen MR) is 99.0 cm³/mol. The summed E-state index contributed by atoms with van der Waals surface area (Å²) in [7, 11) is 0. The summed E-state index contributed by atoms with van der Waals surface area (Å²) >= 11 is 0. The van der Waals surface area contributed by atoms with E-state index in [1.54, 1.807) is 36.4 Å². The number of likely N-dealkylation sites (tertiary alicyclic amines) is 1. The summed E-state index contributed by atoms with van der Waals surface area (Å²) in [5.74, 6) is -0.170. The highest BCUT2D eigenvalue weighted by Gasteiger charge is 2.44. The molecule has 0 spiro atoms. The summed E-state index contributed by atoms with van der Waals surface area (Å²) in [6.45, 7) is 3.88. The van der Waals surface area contributed by atoms with Gasteiger partial charge in [0.1, 0.15) is 23.5 Å². The van der Waals surface area contributed by atoms with E-state index in [1.165, 1.54) is 23.2 Å². The van der Waals surface area contributed by atoms with Crippen molar-refractivity contribution in [3.8, 4) is 5.75 Å². The number of hydrogen-bond acceptors (Lipinski definition) is 4. The molecule has 8 heteroatoms. The van der Waals surface area contributed by atoms with E-state index in [9.17, 15) is 13.6 Å². The number of rotatable bonds is 3. The Hall–Kier alpha value is -3.03. The normalized spacial score (nSPS) is 23.6. The average Bonchev–Trinajstić information content (AvgIpc) is 3.17. The monoisotopic (exact) mass is 386 g/mol. The minimum atomic E-state index is -0.401. The quantitative estimate of drug-likeness (QED) is 0.809. The first kappa shape index (κ1) is 18.3. The molecule has 3 heterocycles. The van der Waals surface area contributed by atoms with E-state index >= 15 is 0 Å². The van der Waals surface area contributed by atoms with Crippen LogP contribution in [0.15, 0.2) is 41.6 Å². The number of aryl methyl sites for hydroxylation is 1. The van der Waals surface area contributed by atoms with Crippen LogP contribution in [0.1, 0.15) is 30.6 Å². The van der Waals surface area contributed by atoms with Crippen molar-refractivity contribution in [3.63, 3.8) is 0 Å². The third-order valence-corrected chi connectivity index (χ3v) is 5.21. The van der Waals surface area contributed by atoms with Crippen molar-refractivity contribution < 1.29 is 18.3 Å². The fourth-order valence-corrected chi connectivity index (χ4v) is 3.36. The molecular weight excluding hydrogens is 366 g/mol. The molecule has 4 rings (SSSR count). The van der Waals surface area contributed by atoms with E-state index in [0.29, 0.717) is 30.0 Å². The molecule has 1 unspecified atom stereocenters. The number of nitrogens with zero attached hydrogens (tertiary/aromatic N) is 4. The Morgan fingerprint density at radius 3 is 2.68 bits per heavy atom. The lowest BCUT2D eigenvalue weighted by atomic mass is 10.0. The number of hydrazone groups is 1. The van der Waals surface area contributed by atoms with Crippen LogP contribution in [0.2, 0.25) is 0 Å². The highest BCUT2D eigenvalue weighted by Crippen LogP contribution is 2.32. The Morgan fingerprint density at radius 1 is 1.25 bits per heavy atom. The smallest absolute Gasteiger partial charge is 0.341 e. The maximum atomic E-state index is 13.9. The van der Waals surface area contributed by atoms with Crippen molar-refractivity contribution in [2.24, 2.45) is 5.10 Å². The zero-order valence-corrected chi connectivity index (χ0v) is 15.5. The SMILES string of the molecule is Cc1ncc(C2CC=NN2C(=O)N2C[C@H](Oc3ccc(F)cc3)[C@H]2C)cc1F. The largest absolute Gasteiger partial charge is 0.486 e. The first-order valence-corrected chi connectivity index (χ1v) is 9.10. The topological polar surface area (TPSA) is 58.0 Å². The number of carbonyl (C=O) groups is 1. The van der Waals surface area contributed by atoms with Gasteiger partial charge in [-0.1, -0.05) is 0 Å². The lowest BCUT2D eigenvalue weighted by molar-refractivity contribution is -0.0197. The maximum absolute atomic E-state index is 13.9. The predicted octanol–water partition coefficient (Wildman–Crippen LogP) is 3.67. The van der Waals surface area contributed by atoms with Crippen molar-refractivity contribution in [1.29, 1.82) is 0 Å². The van der Waals surface area contributed by atoms with Gasteiger partial charge in [0.2, 0.25) is 0 Å². The second kappa shape index (κ2) is 7.18. The van der Waals surface area contributed by atoms with Gasteiger partial charge in [0, 0.05) is 18.8 Å². The Labute approximate surface area is 161 Å². The number of carbonyl (C=O) groups excluding carboxylic acids is 1. The van der Waals surface area contributed by atoms with E-state index in [4.69, 9.17) is 4.74 Å². The van der Waals surface area contributed by atoms with Crippen LogP contribution in [0, 0.1) is 18.6 Å². The summed E-state index contributed by atoms with van der Waals surface area (Å²) in [6.07, 6.45) is 3.56. The Balaban J connectivity index is 1.42. The molecular formula is C20H20F2N4O2. The third kappa shape index (κ3) is 3.30. The van der Waals surface area contributed by atoms with E-state index < -0.39 is 5.82 Å². The van der Waals surface area contributed by atoms with Crippen molar-refractivity contribution in [2.45, 2.75) is 38.5 Å². The molecule has 2 aliphatic rings. The highest BCUT2D eigenvalue weighted by atomic mass is 19.1. The molecule has 0 aliphatic carbocycles. The molecule has 1 aromatic heterocycles. The molecule has 2 aliphatic heterocycles. The van der Waals surface area contributed by atoms with Crippen molar-refractivity contribution >= 4 is 12.2 Å². The minimum Gasteiger partial charge on any atom is -0.486 e. The Morgan fingerprint density at radius 2 is 2.00 bits per heavy atom. The van der Waals surface area contributed by atoms with E-state index in [-0.39, 0.29) is 30.0 Å². The van der Waals surface area contributed by atoms with Crippen LogP contribution in [0.25, 0.3) is 0 Å². The minimum absolute atomic E-state index is 0.165. The van der Waals surface area contributed by atoms with Crippen LogP contribution < -0.4 is 4.74 Å². The molecule has 1 fully saturated rings. The molecule has 146 valence electrons. The number of benzene rings is 1. The lowest BCUT2D eigenvalue weighted by Crippen LogP contribution is -2.64. The van der Waals surface area contributed by atoms with E-state index in [0.717, 1.165) is 0 Å². The van der Waals surface area contributed by atoms with Gasteiger partial charge in [-0.05, 0) is 49.7 Å². The van der Waals surface area contributed by atoms with Gasteiger partial charge in [-0.3, -0.25) is 4.98 Å². The fourth-order valence-electron chi connectivity index (χ4n) is 3.36. The Kier molecular flexibility index (Phi) is 4.70. The van der Waals surface area contributed by atoms with Crippen molar-refractivity contribution in [1.82, 2.24) is 14.9 Å². The molecule has 6 nitrogen and oxygen atoms in total. The second-order valence-electron chi connectivity index (χ2n) is 7.02. The van der Waals surface area contributed by atoms with Crippen LogP contribution in [-0.2, 0) is 0 Å². The molecule has 1 aromatic carbocycles. The molecule has 28 heavy (non-hydrogen) atoms. The molecule has 3 atom stereocenters. The number of amides is 2. The lowest BCUT2D eigenvalue weighted by Gasteiger charge is -2.46. The van der Waals surface area contributed by atoms with Gasteiger partial charge in [0.15, 0.2) is 0 Å². The first-order valence-electron chi connectivity index (χ1n) is 9.10. The highest BCUT2D eigenvalue weighted by molar-refractivity contribution is 5.79. The van der Waals surface area contributed by atoms with Crippen molar-refractivity contribution in [2.75, 3.05) is 6.54 Å². The molecule has 0 bridgehead atoms. The molecule has 0 radical (unpaired) electrons. The summed E-state index contributed by atoms with van der Waals surface area (Å²) < 4.78 is 32.7. The number of ether oxygens (including phenoxy) is 1. The van der Waals surface area contributed by atoms with Crippen LogP contribution >= 0.6 is 0 Å². The van der Waals surface area contributed by atoms with Crippen LogP contribution in [0.5, 0.6) is 5.75 Å². The summed E-state index contributed by atoms with van der Waals surface area (Å²) in [5, 5.41) is 5.56. The standard InChI is InChI=1S/C20H20F2N4O2/c1-12-17(22)9-14(10-23-12)18-7-8-24-26(18)20(27)25-11-19(13(25)2)28-16-5-3-15(21)4-6-16/h3-6,8-10,13,18-19H,7,11H2,1-2H3/t13-,18?,19+/m1/s1. The van der Waals surface area contributed by atoms with Crippen molar-refractivity contribution in [3.05, 3.63) is 59.4 Å². The van der Waals surface area contributed by atoms with Gasteiger partial charge in [-0.25, -0.2) is 18.6 Å². The summed E-state index contributed by atoms with van der Waals surface area (Å²) in [4.78, 5) is 18.6. The van der Waals surface area contributed by atoms with Crippen LogP contribution in [-0.4, -0.2) is 45.8 Å². The maximum Gasteiger partial charge on any atom is 0.341 e. The van der Waals surface area contributed by atoms with Crippen LogP contribution in [0.3, 0.4) is 0 Å². The van der Waals surface area contributed by atoms with E-state index in [2.05, 4.69) is 10.1 Å². The van der Waals surface area contributed by atoms with Gasteiger partial charge in [-0.15, -0.1) is 0 Å². The van der Waals surface area contributed by atoms with Gasteiger partial charge < -0.3 is 9.64 Å². The summed E-state index contributed by atoms with van der Waals surface area (Å²) in [6, 6.07) is 6.40. The molecule has 1 saturated heterocycles. The zero-order chi connectivity index (χ0) is 19.8. The van der Waals surface area contributed by atoms with Gasteiger partial charge in [0.25, 0.3) is 0 Å². The summed E-state index contributed by atoms with van der Waals surface area (Å²) in [5.41, 5.74) is 0.930. The number of aromatic nitrogens is 1. The van der Waals surface area contributed by atoms with Gasteiger partial charge >= 0.3 is 6.03 Å². The number of halogens is 2. The number of hydrogen-bond donors (Lipinski definition) is 0. The second-order valence-corrected chi connectivity index (χ2v) is 7.02. The average molecular weight is 386 g/mol. The van der Waals surface area contributed by atoms with Gasteiger partial charge in [0.05, 0.1) is 24.3 Å². The molecule has 2 amide bonds. The number of pyridine rings is 1. The van der Waals surface area contributed by atoms with Crippen LogP contribution in [0.4, 0.5) is 13.6 Å². The van der Waals surface area contributed by atoms with Gasteiger partial charge in [-0.2, -0.15) is 5.10 Å². The third-order valence-electron chi connectivity index (χ3n) is 5.21. The molecule has 2 aromatic rings.